The van der Waals surface area contributed by atoms with Crippen molar-refractivity contribution in [2.24, 2.45) is 0 Å². The van der Waals surface area contributed by atoms with E-state index >= 15 is 0 Å². The molecule has 12 heteroatoms. The number of unbranched alkanes of at least 4 members (excludes halogenated alkanes) is 1. The van der Waals surface area contributed by atoms with Gasteiger partial charge in [0.1, 0.15) is 42.3 Å². The molecular weight excluding hydrogens is 714 g/mol. The average molecular weight is 770 g/mol. The van der Waals surface area contributed by atoms with Crippen LogP contribution in [0.4, 0.5) is 4.79 Å². The third kappa shape index (κ3) is 14.8. The number of carbonyl (C=O) groups excluding carboxylic acids is 3. The van der Waals surface area contributed by atoms with Crippen LogP contribution in [0.5, 0.6) is 23.0 Å². The third-order valence-corrected chi connectivity index (χ3v) is 9.26. The van der Waals surface area contributed by atoms with Crippen LogP contribution < -0.4 is 34.9 Å². The molecule has 2 unspecified atom stereocenters. The molecule has 4 aromatic rings. The van der Waals surface area contributed by atoms with Gasteiger partial charge in [-0.1, -0.05) is 67.1 Å². The predicted molar refractivity (Wildman–Crippen MR) is 214 cm³/mol. The predicted octanol–water partition coefficient (Wildman–Crippen LogP) is 6.92. The van der Waals surface area contributed by atoms with Crippen LogP contribution in [0.3, 0.4) is 0 Å². The molecule has 0 spiro atoms. The zero-order chi connectivity index (χ0) is 40.0. The Morgan fingerprint density at radius 2 is 1.20 bits per heavy atom. The molecule has 0 fully saturated rings. The summed E-state index contributed by atoms with van der Waals surface area (Å²) in [6.45, 7) is 1.48. The van der Waals surface area contributed by atoms with Gasteiger partial charge in [0.05, 0.1) is 28.4 Å². The number of hydrogen-bond donors (Lipinski definition) is 3. The molecule has 0 aliphatic carbocycles. The lowest BCUT2D eigenvalue weighted by Gasteiger charge is -2.23. The van der Waals surface area contributed by atoms with Gasteiger partial charge < -0.3 is 44.4 Å². The second-order valence-corrected chi connectivity index (χ2v) is 13.2. The molecule has 0 aliphatic rings. The molecule has 2 amide bonds. The number of aryl methyl sites for hydroxylation is 1. The van der Waals surface area contributed by atoms with Gasteiger partial charge >= 0.3 is 18.0 Å². The Morgan fingerprint density at radius 3 is 1.79 bits per heavy atom. The third-order valence-electron chi connectivity index (χ3n) is 9.26. The summed E-state index contributed by atoms with van der Waals surface area (Å²) in [5.74, 6) is 0.927. The van der Waals surface area contributed by atoms with E-state index in [9.17, 15) is 14.4 Å². The molecule has 0 saturated carbocycles. The van der Waals surface area contributed by atoms with Gasteiger partial charge in [0.25, 0.3) is 0 Å². The van der Waals surface area contributed by atoms with E-state index in [1.165, 1.54) is 25.3 Å². The molecule has 12 nitrogen and oxygen atoms in total. The smallest absolute Gasteiger partial charge is 0.329 e. The molecule has 0 heterocycles. The molecule has 300 valence electrons. The van der Waals surface area contributed by atoms with Crippen LogP contribution in [0, 0.1) is 0 Å². The number of urea groups is 1. The van der Waals surface area contributed by atoms with E-state index < -0.39 is 24.0 Å². The summed E-state index contributed by atoms with van der Waals surface area (Å²) in [5.41, 5.74) is 3.66. The molecule has 2 atom stereocenters. The zero-order valence-electron chi connectivity index (χ0n) is 32.8. The van der Waals surface area contributed by atoms with E-state index in [4.69, 9.17) is 28.4 Å². The SMILES string of the molecule is COc1ccc(COC(=O)CCC(NC(=O)NC(CCCCNCc2ccccc2)CCc2ccccc2)C(=O)OCc2ccc(OC)cc2OC)c(OC)c1. The van der Waals surface area contributed by atoms with Crippen molar-refractivity contribution in [3.05, 3.63) is 119 Å². The van der Waals surface area contributed by atoms with Crippen molar-refractivity contribution in [2.75, 3.05) is 35.0 Å². The highest BCUT2D eigenvalue weighted by atomic mass is 16.5. The Balaban J connectivity index is 1.38. The van der Waals surface area contributed by atoms with Crippen molar-refractivity contribution in [3.63, 3.8) is 0 Å². The zero-order valence-corrected chi connectivity index (χ0v) is 32.8. The molecule has 0 bridgehead atoms. The highest BCUT2D eigenvalue weighted by Gasteiger charge is 2.26. The number of ether oxygens (including phenoxy) is 6. The Morgan fingerprint density at radius 1 is 0.607 bits per heavy atom. The second kappa shape index (κ2) is 23.9. The lowest BCUT2D eigenvalue weighted by atomic mass is 10.0. The molecular formula is C44H55N3O9. The van der Waals surface area contributed by atoms with E-state index in [1.807, 2.05) is 36.4 Å². The van der Waals surface area contributed by atoms with Crippen LogP contribution in [0.25, 0.3) is 0 Å². The van der Waals surface area contributed by atoms with E-state index in [0.29, 0.717) is 40.5 Å². The van der Waals surface area contributed by atoms with Crippen molar-refractivity contribution < 1.29 is 42.8 Å². The maximum Gasteiger partial charge on any atom is 0.329 e. The van der Waals surface area contributed by atoms with Crippen LogP contribution in [-0.4, -0.2) is 65.0 Å². The summed E-state index contributed by atoms with van der Waals surface area (Å²) in [4.78, 5) is 40.1. The minimum absolute atomic E-state index is 0.0445. The first kappa shape index (κ1) is 43.0. The van der Waals surface area contributed by atoms with Gasteiger partial charge in [-0.25, -0.2) is 9.59 Å². The molecule has 0 aromatic heterocycles. The minimum atomic E-state index is -1.14. The first-order chi connectivity index (χ1) is 27.3. The normalized spacial score (nSPS) is 11.8. The van der Waals surface area contributed by atoms with Crippen LogP contribution in [0.2, 0.25) is 0 Å². The summed E-state index contributed by atoms with van der Waals surface area (Å²) in [7, 11) is 6.13. The van der Waals surface area contributed by atoms with Crippen molar-refractivity contribution in [2.45, 2.75) is 76.8 Å². The summed E-state index contributed by atoms with van der Waals surface area (Å²) < 4.78 is 32.6. The van der Waals surface area contributed by atoms with E-state index in [2.05, 4.69) is 40.2 Å². The molecule has 0 saturated heterocycles. The van der Waals surface area contributed by atoms with E-state index in [-0.39, 0.29) is 32.1 Å². The van der Waals surface area contributed by atoms with Gasteiger partial charge in [-0.2, -0.15) is 0 Å². The second-order valence-electron chi connectivity index (χ2n) is 13.2. The average Bonchev–Trinajstić information content (AvgIpc) is 3.24. The minimum Gasteiger partial charge on any atom is -0.497 e. The maximum absolute atomic E-state index is 13.6. The Hall–Kier alpha value is -5.75. The van der Waals surface area contributed by atoms with Gasteiger partial charge in [-0.05, 0) is 74.0 Å². The maximum atomic E-state index is 13.6. The van der Waals surface area contributed by atoms with Crippen LogP contribution >= 0.6 is 0 Å². The Bertz CT molecular complexity index is 1790. The fraction of sp³-hybridized carbons (Fsp3) is 0.386. The summed E-state index contributed by atoms with van der Waals surface area (Å²) in [6, 6.07) is 28.9. The van der Waals surface area contributed by atoms with Gasteiger partial charge in [-0.15, -0.1) is 0 Å². The largest absolute Gasteiger partial charge is 0.497 e. The highest BCUT2D eigenvalue weighted by Crippen LogP contribution is 2.26. The van der Waals surface area contributed by atoms with Crippen LogP contribution in [0.15, 0.2) is 97.1 Å². The lowest BCUT2D eigenvalue weighted by Crippen LogP contribution is -2.49. The number of rotatable bonds is 24. The summed E-state index contributed by atoms with van der Waals surface area (Å²) in [5, 5.41) is 9.37. The Labute approximate surface area is 330 Å². The van der Waals surface area contributed by atoms with Crippen molar-refractivity contribution in [1.82, 2.24) is 16.0 Å². The van der Waals surface area contributed by atoms with E-state index in [0.717, 1.165) is 38.8 Å². The Kier molecular flexibility index (Phi) is 18.4. The molecule has 0 aliphatic heterocycles. The van der Waals surface area contributed by atoms with E-state index in [1.54, 1.807) is 50.6 Å². The standard InChI is InChI=1S/C44H55N3O9/c1-51-37-22-19-34(40(27-37)53-3)30-55-42(48)25-24-39(43(49)56-31-35-20-23-38(52-2)28-41(35)54-4)47-44(50)46-36(21-18-32-13-7-5-8-14-32)17-11-12-26-45-29-33-15-9-6-10-16-33/h5-10,13-16,19-20,22-23,27-28,36,39,45H,11-12,17-18,21,24-26,29-31H2,1-4H3,(H2,46,47,50). The summed E-state index contributed by atoms with van der Waals surface area (Å²) in [6.07, 6.45) is 3.86. The number of nitrogens with one attached hydrogen (secondary N) is 3. The van der Waals surface area contributed by atoms with Crippen molar-refractivity contribution >= 4 is 18.0 Å². The van der Waals surface area contributed by atoms with Crippen molar-refractivity contribution in [1.29, 1.82) is 0 Å². The number of benzene rings is 4. The molecule has 3 N–H and O–H groups in total. The molecule has 0 radical (unpaired) electrons. The fourth-order valence-electron chi connectivity index (χ4n) is 6.06. The lowest BCUT2D eigenvalue weighted by molar-refractivity contribution is -0.148. The van der Waals surface area contributed by atoms with Crippen LogP contribution in [-0.2, 0) is 45.2 Å². The van der Waals surface area contributed by atoms with Gasteiger partial charge in [-0.3, -0.25) is 4.79 Å². The number of carbonyl (C=O) groups is 3. The first-order valence-corrected chi connectivity index (χ1v) is 18.9. The van der Waals surface area contributed by atoms with Gasteiger partial charge in [0.2, 0.25) is 0 Å². The molecule has 4 rings (SSSR count). The first-order valence-electron chi connectivity index (χ1n) is 18.9. The molecule has 4 aromatic carbocycles. The van der Waals surface area contributed by atoms with Gasteiger partial charge in [0, 0.05) is 42.3 Å². The fourth-order valence-corrected chi connectivity index (χ4v) is 6.06. The van der Waals surface area contributed by atoms with Crippen molar-refractivity contribution in [3.8, 4) is 23.0 Å². The topological polar surface area (TPSA) is 143 Å². The highest BCUT2D eigenvalue weighted by molar-refractivity contribution is 5.84. The number of esters is 2. The number of hydrogen-bond acceptors (Lipinski definition) is 10. The van der Waals surface area contributed by atoms with Gasteiger partial charge in [0.15, 0.2) is 0 Å². The quantitative estimate of drug-likeness (QED) is 0.0508. The number of amides is 2. The monoisotopic (exact) mass is 769 g/mol. The van der Waals surface area contributed by atoms with Crippen LogP contribution in [0.1, 0.15) is 60.8 Å². The summed E-state index contributed by atoms with van der Waals surface area (Å²) >= 11 is 0. The number of methoxy groups -OCH3 is 4. The molecule has 56 heavy (non-hydrogen) atoms.